The first-order valence-corrected chi connectivity index (χ1v) is 6.01. The van der Waals surface area contributed by atoms with Crippen LogP contribution in [0.3, 0.4) is 0 Å². The topological polar surface area (TPSA) is 35.5 Å². The van der Waals surface area contributed by atoms with Crippen LogP contribution in [0.15, 0.2) is 24.3 Å². The number of Topliss-reactive ketones (excluding diaryl/α,β-unsaturated/α-hetero) is 1. The van der Waals surface area contributed by atoms with Gasteiger partial charge in [-0.2, -0.15) is 0 Å². The van der Waals surface area contributed by atoms with E-state index in [1.807, 2.05) is 31.2 Å². The Morgan fingerprint density at radius 1 is 1.35 bits per heavy atom. The molecule has 0 saturated heterocycles. The van der Waals surface area contributed by atoms with Crippen LogP contribution in [0.4, 0.5) is 0 Å². The number of ether oxygens (including phenoxy) is 2. The molecule has 0 N–H and O–H groups in total. The molecule has 1 aromatic rings. The number of carbonyl (C=O) groups is 1. The van der Waals surface area contributed by atoms with E-state index in [0.29, 0.717) is 12.5 Å². The Hall–Kier alpha value is -1.35. The Bertz CT molecular complexity index is 379. The fourth-order valence-corrected chi connectivity index (χ4v) is 1.56. The maximum atomic E-state index is 11.8. The summed E-state index contributed by atoms with van der Waals surface area (Å²) in [5, 5.41) is 0. The van der Waals surface area contributed by atoms with Crippen molar-refractivity contribution in [2.75, 3.05) is 7.11 Å². The summed E-state index contributed by atoms with van der Waals surface area (Å²) in [6.45, 7) is 1.89. The lowest BCUT2D eigenvalue weighted by Crippen LogP contribution is -2.12. The molecular formula is C14H18O3. The first-order valence-electron chi connectivity index (χ1n) is 6.01. The predicted molar refractivity (Wildman–Crippen MR) is 65.5 cm³/mol. The molecule has 1 aliphatic carbocycles. The highest BCUT2D eigenvalue weighted by Crippen LogP contribution is 2.26. The molecule has 0 heterocycles. The molecule has 3 nitrogen and oxygen atoms in total. The Morgan fingerprint density at radius 2 is 2.00 bits per heavy atom. The van der Waals surface area contributed by atoms with Crippen LogP contribution in [0, 0.1) is 0 Å². The predicted octanol–water partition coefficient (Wildman–Crippen LogP) is 2.84. The molecule has 17 heavy (non-hydrogen) atoms. The first-order chi connectivity index (χ1) is 8.19. The van der Waals surface area contributed by atoms with E-state index in [2.05, 4.69) is 0 Å². The molecule has 1 saturated carbocycles. The largest absolute Gasteiger partial charge is 0.490 e. The third-order valence-corrected chi connectivity index (χ3v) is 2.88. The van der Waals surface area contributed by atoms with Gasteiger partial charge in [-0.15, -0.1) is 0 Å². The minimum Gasteiger partial charge on any atom is -0.490 e. The third-order valence-electron chi connectivity index (χ3n) is 2.88. The lowest BCUT2D eigenvalue weighted by atomic mass is 10.1. The minimum atomic E-state index is -0.0371. The summed E-state index contributed by atoms with van der Waals surface area (Å²) in [5.41, 5.74) is 0.719. The van der Waals surface area contributed by atoms with Crippen molar-refractivity contribution in [1.82, 2.24) is 0 Å². The van der Waals surface area contributed by atoms with E-state index in [4.69, 9.17) is 9.47 Å². The maximum absolute atomic E-state index is 11.8. The molecule has 0 amide bonds. The molecule has 92 valence electrons. The fourth-order valence-electron chi connectivity index (χ4n) is 1.56. The average Bonchev–Trinajstić information content (AvgIpc) is 3.13. The van der Waals surface area contributed by atoms with Gasteiger partial charge in [0, 0.05) is 19.1 Å². The van der Waals surface area contributed by atoms with Gasteiger partial charge in [-0.1, -0.05) is 0 Å². The van der Waals surface area contributed by atoms with Crippen molar-refractivity contribution in [3.05, 3.63) is 29.8 Å². The standard InChI is InChI=1S/C14H18O3/c1-10(16-2)9-14(15)11-3-5-12(6-4-11)17-13-7-8-13/h3-6,10,13H,7-9H2,1-2H3. The molecule has 0 bridgehead atoms. The summed E-state index contributed by atoms with van der Waals surface area (Å²) >= 11 is 0. The van der Waals surface area contributed by atoms with Gasteiger partial charge in [-0.05, 0) is 44.0 Å². The Morgan fingerprint density at radius 3 is 2.53 bits per heavy atom. The van der Waals surface area contributed by atoms with Crippen molar-refractivity contribution in [2.24, 2.45) is 0 Å². The summed E-state index contributed by atoms with van der Waals surface area (Å²) < 4.78 is 10.7. The van der Waals surface area contributed by atoms with E-state index < -0.39 is 0 Å². The van der Waals surface area contributed by atoms with Gasteiger partial charge in [0.1, 0.15) is 5.75 Å². The summed E-state index contributed by atoms with van der Waals surface area (Å²) in [4.78, 5) is 11.8. The Kier molecular flexibility index (Phi) is 3.79. The highest BCUT2D eigenvalue weighted by atomic mass is 16.5. The highest BCUT2D eigenvalue weighted by Gasteiger charge is 2.23. The minimum absolute atomic E-state index is 0.0371. The van der Waals surface area contributed by atoms with Gasteiger partial charge in [-0.3, -0.25) is 4.79 Å². The zero-order valence-electron chi connectivity index (χ0n) is 10.3. The second kappa shape index (κ2) is 5.32. The van der Waals surface area contributed by atoms with Gasteiger partial charge in [0.05, 0.1) is 12.2 Å². The maximum Gasteiger partial charge on any atom is 0.165 e. The summed E-state index contributed by atoms with van der Waals surface area (Å²) in [5.74, 6) is 0.959. The van der Waals surface area contributed by atoms with Gasteiger partial charge in [0.2, 0.25) is 0 Å². The quantitative estimate of drug-likeness (QED) is 0.710. The molecule has 1 aliphatic rings. The molecule has 0 radical (unpaired) electrons. The number of hydrogen-bond acceptors (Lipinski definition) is 3. The van der Waals surface area contributed by atoms with Crippen molar-refractivity contribution in [2.45, 2.75) is 38.4 Å². The van der Waals surface area contributed by atoms with E-state index >= 15 is 0 Å². The fraction of sp³-hybridized carbons (Fsp3) is 0.500. The number of methoxy groups -OCH3 is 1. The van der Waals surface area contributed by atoms with Crippen LogP contribution < -0.4 is 4.74 Å². The molecule has 1 fully saturated rings. The first kappa shape index (κ1) is 12.1. The van der Waals surface area contributed by atoms with E-state index in [0.717, 1.165) is 24.2 Å². The number of ketones is 1. The molecule has 0 aromatic heterocycles. The van der Waals surface area contributed by atoms with Crippen molar-refractivity contribution in [3.63, 3.8) is 0 Å². The monoisotopic (exact) mass is 234 g/mol. The van der Waals surface area contributed by atoms with Gasteiger partial charge in [-0.25, -0.2) is 0 Å². The van der Waals surface area contributed by atoms with Gasteiger partial charge < -0.3 is 9.47 Å². The van der Waals surface area contributed by atoms with Gasteiger partial charge >= 0.3 is 0 Å². The molecule has 1 atom stereocenters. The SMILES string of the molecule is COC(C)CC(=O)c1ccc(OC2CC2)cc1. The van der Waals surface area contributed by atoms with Crippen LogP contribution in [0.5, 0.6) is 5.75 Å². The Balaban J connectivity index is 1.93. The molecular weight excluding hydrogens is 216 g/mol. The molecule has 0 spiro atoms. The summed E-state index contributed by atoms with van der Waals surface area (Å²) in [7, 11) is 1.62. The van der Waals surface area contributed by atoms with E-state index in [1.54, 1.807) is 7.11 Å². The zero-order valence-corrected chi connectivity index (χ0v) is 10.3. The van der Waals surface area contributed by atoms with E-state index in [1.165, 1.54) is 0 Å². The van der Waals surface area contributed by atoms with Crippen molar-refractivity contribution in [3.8, 4) is 5.75 Å². The smallest absolute Gasteiger partial charge is 0.165 e. The second-order valence-electron chi connectivity index (χ2n) is 4.52. The molecule has 1 aromatic carbocycles. The van der Waals surface area contributed by atoms with Crippen LogP contribution in [-0.4, -0.2) is 25.1 Å². The van der Waals surface area contributed by atoms with Crippen LogP contribution in [-0.2, 0) is 4.74 Å². The number of hydrogen-bond donors (Lipinski definition) is 0. The summed E-state index contributed by atoms with van der Waals surface area (Å²) in [6.07, 6.45) is 3.06. The lowest BCUT2D eigenvalue weighted by molar-refractivity contribution is 0.0792. The van der Waals surface area contributed by atoms with Crippen molar-refractivity contribution < 1.29 is 14.3 Å². The molecule has 0 aliphatic heterocycles. The number of rotatable bonds is 6. The van der Waals surface area contributed by atoms with E-state index in [9.17, 15) is 4.79 Å². The van der Waals surface area contributed by atoms with Crippen molar-refractivity contribution in [1.29, 1.82) is 0 Å². The zero-order chi connectivity index (χ0) is 12.3. The van der Waals surface area contributed by atoms with E-state index in [-0.39, 0.29) is 11.9 Å². The van der Waals surface area contributed by atoms with Crippen LogP contribution >= 0.6 is 0 Å². The van der Waals surface area contributed by atoms with Gasteiger partial charge in [0.15, 0.2) is 5.78 Å². The number of carbonyl (C=O) groups excluding carboxylic acids is 1. The molecule has 3 heteroatoms. The Labute approximate surface area is 102 Å². The molecule has 2 rings (SSSR count). The second-order valence-corrected chi connectivity index (χ2v) is 4.52. The van der Waals surface area contributed by atoms with Gasteiger partial charge in [0.25, 0.3) is 0 Å². The lowest BCUT2D eigenvalue weighted by Gasteiger charge is -2.09. The average molecular weight is 234 g/mol. The number of benzene rings is 1. The normalized spacial score (nSPS) is 16.6. The van der Waals surface area contributed by atoms with Crippen LogP contribution in [0.1, 0.15) is 36.5 Å². The summed E-state index contributed by atoms with van der Waals surface area (Å²) in [6, 6.07) is 7.37. The molecule has 1 unspecified atom stereocenters. The third kappa shape index (κ3) is 3.56. The van der Waals surface area contributed by atoms with Crippen molar-refractivity contribution >= 4 is 5.78 Å². The van der Waals surface area contributed by atoms with Crippen LogP contribution in [0.25, 0.3) is 0 Å². The van der Waals surface area contributed by atoms with Crippen LogP contribution in [0.2, 0.25) is 0 Å². The highest BCUT2D eigenvalue weighted by molar-refractivity contribution is 5.96.